The standard InChI is InChI=1S/C26H26N6O5S3/c1-37-21-9-4-3-8-19(21)30-40(35,36)24-16-18(32(33)34)11-12-20(24)29-27-17-23-25(22-10-7-15-38-22)28-26(39-23)31-13-5-2-6-14-31/h3-4,7-12,15-17,29-30H,2,5-6,13-14H2,1H3. The molecule has 1 aliphatic heterocycles. The number of sulfonamides is 1. The molecule has 0 bridgehead atoms. The number of ether oxygens (including phenoxy) is 1. The van der Waals surface area contributed by atoms with Gasteiger partial charge < -0.3 is 9.64 Å². The summed E-state index contributed by atoms with van der Waals surface area (Å²) in [5.74, 6) is 0.305. The number of non-ortho nitro benzene ring substituents is 1. The second-order valence-corrected chi connectivity index (χ2v) is 12.5. The number of rotatable bonds is 10. The van der Waals surface area contributed by atoms with Crippen molar-refractivity contribution in [2.24, 2.45) is 5.10 Å². The Morgan fingerprint density at radius 3 is 2.62 bits per heavy atom. The van der Waals surface area contributed by atoms with E-state index in [1.807, 2.05) is 17.5 Å². The van der Waals surface area contributed by atoms with Gasteiger partial charge in [0.05, 0.1) is 39.4 Å². The molecule has 2 N–H and O–H groups in total. The zero-order chi connectivity index (χ0) is 28.1. The van der Waals surface area contributed by atoms with Crippen molar-refractivity contribution >= 4 is 61.1 Å². The summed E-state index contributed by atoms with van der Waals surface area (Å²) in [6, 6.07) is 14.0. The Labute approximate surface area is 239 Å². The molecule has 1 saturated heterocycles. The second kappa shape index (κ2) is 12.0. The lowest BCUT2D eigenvalue weighted by Gasteiger charge is -2.25. The molecule has 2 aromatic heterocycles. The highest BCUT2D eigenvalue weighted by Crippen LogP contribution is 2.36. The Morgan fingerprint density at radius 1 is 1.10 bits per heavy atom. The van der Waals surface area contributed by atoms with Crippen LogP contribution in [0.2, 0.25) is 0 Å². The number of thiazole rings is 1. The molecule has 4 aromatic rings. The second-order valence-electron chi connectivity index (χ2n) is 8.85. The molecule has 0 radical (unpaired) electrons. The molecule has 1 aliphatic rings. The fourth-order valence-corrected chi connectivity index (χ4v) is 7.29. The summed E-state index contributed by atoms with van der Waals surface area (Å²) < 4.78 is 34.5. The minimum atomic E-state index is -4.27. The number of thiophene rings is 1. The average Bonchev–Trinajstić information content (AvgIpc) is 3.64. The first-order valence-electron chi connectivity index (χ1n) is 12.4. The Hall–Kier alpha value is -4.01. The van der Waals surface area contributed by atoms with Gasteiger partial charge in [0, 0.05) is 25.2 Å². The first kappa shape index (κ1) is 27.6. The van der Waals surface area contributed by atoms with Crippen LogP contribution in [0, 0.1) is 10.1 Å². The number of nitrogens with zero attached hydrogens (tertiary/aromatic N) is 4. The maximum atomic E-state index is 13.4. The van der Waals surface area contributed by atoms with Gasteiger partial charge in [0.15, 0.2) is 5.13 Å². The summed E-state index contributed by atoms with van der Waals surface area (Å²) in [6.07, 6.45) is 5.06. The molecule has 5 rings (SSSR count). The fourth-order valence-electron chi connectivity index (χ4n) is 4.25. The van der Waals surface area contributed by atoms with Crippen LogP contribution in [0.3, 0.4) is 0 Å². The number of hydrazone groups is 1. The number of piperidine rings is 1. The largest absolute Gasteiger partial charge is 0.495 e. The third-order valence-corrected chi connectivity index (χ3v) is 9.54. The van der Waals surface area contributed by atoms with Crippen LogP contribution in [0.4, 0.5) is 22.2 Å². The molecule has 3 heterocycles. The van der Waals surface area contributed by atoms with Crippen LogP contribution in [0.15, 0.2) is 70.0 Å². The van der Waals surface area contributed by atoms with Crippen molar-refractivity contribution in [1.29, 1.82) is 0 Å². The van der Waals surface area contributed by atoms with Crippen LogP contribution < -0.4 is 19.8 Å². The van der Waals surface area contributed by atoms with Crippen LogP contribution >= 0.6 is 22.7 Å². The van der Waals surface area contributed by atoms with Crippen molar-refractivity contribution in [3.63, 3.8) is 0 Å². The summed E-state index contributed by atoms with van der Waals surface area (Å²) in [6.45, 7) is 1.91. The molecule has 208 valence electrons. The predicted molar refractivity (Wildman–Crippen MR) is 160 cm³/mol. The summed E-state index contributed by atoms with van der Waals surface area (Å²) in [5, 5.41) is 18.7. The maximum Gasteiger partial charge on any atom is 0.270 e. The van der Waals surface area contributed by atoms with E-state index >= 15 is 0 Å². The van der Waals surface area contributed by atoms with Gasteiger partial charge in [0.2, 0.25) is 0 Å². The summed E-state index contributed by atoms with van der Waals surface area (Å²) >= 11 is 3.10. The van der Waals surface area contributed by atoms with Crippen LogP contribution in [0.25, 0.3) is 10.6 Å². The van der Waals surface area contributed by atoms with Crippen LogP contribution in [-0.2, 0) is 10.0 Å². The van der Waals surface area contributed by atoms with Gasteiger partial charge in [-0.3, -0.25) is 20.3 Å². The number of nitrogens with one attached hydrogen (secondary N) is 2. The SMILES string of the molecule is COc1ccccc1NS(=O)(=O)c1cc([N+](=O)[O-])ccc1NN=Cc1sc(N2CCCCC2)nc1-c1cccs1. The fraction of sp³-hybridized carbons (Fsp3) is 0.231. The van der Waals surface area contributed by atoms with E-state index in [9.17, 15) is 18.5 Å². The number of benzene rings is 2. The Balaban J connectivity index is 1.46. The minimum absolute atomic E-state index is 0.0719. The molecule has 0 spiro atoms. The molecule has 14 heteroatoms. The number of anilines is 3. The highest BCUT2D eigenvalue weighted by atomic mass is 32.2. The molecule has 0 saturated carbocycles. The van der Waals surface area contributed by atoms with E-state index in [4.69, 9.17) is 9.72 Å². The lowest BCUT2D eigenvalue weighted by Crippen LogP contribution is -2.29. The van der Waals surface area contributed by atoms with Gasteiger partial charge >= 0.3 is 0 Å². The molecule has 0 amide bonds. The number of methoxy groups -OCH3 is 1. The molecule has 11 nitrogen and oxygen atoms in total. The van der Waals surface area contributed by atoms with Crippen molar-refractivity contribution in [2.45, 2.75) is 24.2 Å². The molecular weight excluding hydrogens is 573 g/mol. The van der Waals surface area contributed by atoms with Gasteiger partial charge in [0.25, 0.3) is 15.7 Å². The van der Waals surface area contributed by atoms with Crippen molar-refractivity contribution < 1.29 is 18.1 Å². The van der Waals surface area contributed by atoms with E-state index in [2.05, 4.69) is 20.1 Å². The number of aromatic nitrogens is 1. The Kier molecular flexibility index (Phi) is 8.28. The molecule has 1 fully saturated rings. The van der Waals surface area contributed by atoms with Gasteiger partial charge in [-0.2, -0.15) is 5.10 Å². The molecule has 40 heavy (non-hydrogen) atoms. The lowest BCUT2D eigenvalue weighted by molar-refractivity contribution is -0.385. The smallest absolute Gasteiger partial charge is 0.270 e. The first-order valence-corrected chi connectivity index (χ1v) is 15.6. The average molecular weight is 599 g/mol. The number of nitro benzene ring substituents is 1. The number of hydrogen-bond acceptors (Lipinski definition) is 11. The van der Waals surface area contributed by atoms with Crippen LogP contribution in [-0.4, -0.2) is 44.7 Å². The van der Waals surface area contributed by atoms with E-state index in [1.165, 1.54) is 43.1 Å². The third kappa shape index (κ3) is 6.08. The normalized spacial score (nSPS) is 13.9. The maximum absolute atomic E-state index is 13.4. The van der Waals surface area contributed by atoms with E-state index < -0.39 is 14.9 Å². The molecular formula is C26H26N6O5S3. The predicted octanol–water partition coefficient (Wildman–Crippen LogP) is 6.03. The van der Waals surface area contributed by atoms with Gasteiger partial charge in [0.1, 0.15) is 16.3 Å². The van der Waals surface area contributed by atoms with Crippen molar-refractivity contribution in [3.8, 4) is 16.3 Å². The van der Waals surface area contributed by atoms with E-state index in [0.29, 0.717) is 5.75 Å². The van der Waals surface area contributed by atoms with E-state index in [0.717, 1.165) is 52.6 Å². The number of nitro groups is 1. The Morgan fingerprint density at radius 2 is 1.90 bits per heavy atom. The topological polar surface area (TPSA) is 139 Å². The van der Waals surface area contributed by atoms with Crippen molar-refractivity contribution in [1.82, 2.24) is 4.98 Å². The highest BCUT2D eigenvalue weighted by molar-refractivity contribution is 7.93. The lowest BCUT2D eigenvalue weighted by atomic mass is 10.1. The highest BCUT2D eigenvalue weighted by Gasteiger charge is 2.24. The minimum Gasteiger partial charge on any atom is -0.495 e. The van der Waals surface area contributed by atoms with Crippen molar-refractivity contribution in [3.05, 3.63) is 75.0 Å². The van der Waals surface area contributed by atoms with E-state index in [-0.39, 0.29) is 22.0 Å². The Bertz CT molecular complexity index is 1630. The molecule has 0 atom stereocenters. The van der Waals surface area contributed by atoms with Gasteiger partial charge in [-0.1, -0.05) is 29.5 Å². The van der Waals surface area contributed by atoms with Crippen LogP contribution in [0.5, 0.6) is 5.75 Å². The molecule has 0 unspecified atom stereocenters. The van der Waals surface area contributed by atoms with Gasteiger partial charge in [-0.15, -0.1) is 11.3 Å². The summed E-state index contributed by atoms with van der Waals surface area (Å²) in [5.41, 5.74) is 3.48. The first-order chi connectivity index (χ1) is 19.4. The zero-order valence-corrected chi connectivity index (χ0v) is 23.9. The summed E-state index contributed by atoms with van der Waals surface area (Å²) in [4.78, 5) is 19.4. The van der Waals surface area contributed by atoms with Gasteiger partial charge in [-0.05, 0) is 48.9 Å². The third-order valence-electron chi connectivity index (χ3n) is 6.21. The zero-order valence-electron chi connectivity index (χ0n) is 21.4. The number of hydrogen-bond donors (Lipinski definition) is 2. The van der Waals surface area contributed by atoms with Gasteiger partial charge in [-0.25, -0.2) is 13.4 Å². The molecule has 2 aromatic carbocycles. The quantitative estimate of drug-likeness (QED) is 0.128. The number of para-hydroxylation sites is 2. The summed E-state index contributed by atoms with van der Waals surface area (Å²) in [7, 11) is -2.85. The molecule has 0 aliphatic carbocycles. The van der Waals surface area contributed by atoms with Crippen LogP contribution in [0.1, 0.15) is 24.1 Å². The monoisotopic (exact) mass is 598 g/mol. The van der Waals surface area contributed by atoms with Crippen molar-refractivity contribution in [2.75, 3.05) is 35.2 Å². The van der Waals surface area contributed by atoms with E-state index in [1.54, 1.807) is 35.8 Å².